The van der Waals surface area contributed by atoms with Gasteiger partial charge in [-0.25, -0.2) is 4.79 Å². The topological polar surface area (TPSA) is 48.4 Å². The first-order chi connectivity index (χ1) is 9.70. The summed E-state index contributed by atoms with van der Waals surface area (Å²) in [6, 6.07) is 10.7. The Morgan fingerprint density at radius 1 is 1.30 bits per heavy atom. The minimum Gasteiger partial charge on any atom is -0.472 e. The first-order valence-corrected chi connectivity index (χ1v) is 6.57. The Kier molecular flexibility index (Phi) is 4.96. The molecule has 0 saturated heterocycles. The van der Waals surface area contributed by atoms with Gasteiger partial charge in [-0.05, 0) is 6.92 Å². The molecule has 4 nitrogen and oxygen atoms in total. The molecule has 1 atom stereocenters. The van der Waals surface area contributed by atoms with Crippen LogP contribution in [0.15, 0.2) is 48.8 Å². The zero-order valence-electron chi connectivity index (χ0n) is 11.0. The van der Waals surface area contributed by atoms with E-state index in [1.807, 2.05) is 18.2 Å². The van der Waals surface area contributed by atoms with Gasteiger partial charge in [0.05, 0.1) is 17.8 Å². The molecule has 2 rings (SSSR count). The van der Waals surface area contributed by atoms with Gasteiger partial charge >= 0.3 is 5.97 Å². The second-order valence-electron chi connectivity index (χ2n) is 4.00. The van der Waals surface area contributed by atoms with Gasteiger partial charge in [-0.1, -0.05) is 41.9 Å². The first-order valence-electron chi connectivity index (χ1n) is 6.19. The molecule has 0 aliphatic rings. The van der Waals surface area contributed by atoms with E-state index in [0.717, 1.165) is 0 Å². The summed E-state index contributed by atoms with van der Waals surface area (Å²) in [5.74, 6) is -0.0296. The lowest BCUT2D eigenvalue weighted by molar-refractivity contribution is -0.151. The van der Waals surface area contributed by atoms with Crippen molar-refractivity contribution in [2.24, 2.45) is 0 Å². The van der Waals surface area contributed by atoms with Gasteiger partial charge in [-0.15, -0.1) is 0 Å². The van der Waals surface area contributed by atoms with E-state index in [-0.39, 0.29) is 0 Å². The molecular formula is C15H14ClNO3. The summed E-state index contributed by atoms with van der Waals surface area (Å²) in [6.07, 6.45) is 2.16. The summed E-state index contributed by atoms with van der Waals surface area (Å²) in [5, 5.41) is 0.443. The number of rotatable bonds is 5. The van der Waals surface area contributed by atoms with Gasteiger partial charge in [0, 0.05) is 17.8 Å². The lowest BCUT2D eigenvalue weighted by Crippen LogP contribution is -2.21. The van der Waals surface area contributed by atoms with Gasteiger partial charge in [0.25, 0.3) is 0 Å². The summed E-state index contributed by atoms with van der Waals surface area (Å²) in [7, 11) is 0. The number of halogens is 1. The molecule has 0 aliphatic heterocycles. The van der Waals surface area contributed by atoms with Gasteiger partial charge in [0.15, 0.2) is 0 Å². The number of carbonyl (C=O) groups is 1. The number of esters is 1. The standard InChI is InChI=1S/C15H14ClNO3/c1-2-19-15(18)14(11-6-4-3-5-7-11)20-13-8-12(16)9-17-10-13/h3-10,14H,2H2,1H3. The zero-order chi connectivity index (χ0) is 14.4. The number of hydrogen-bond acceptors (Lipinski definition) is 4. The van der Waals surface area contributed by atoms with Crippen LogP contribution in [0.25, 0.3) is 0 Å². The van der Waals surface area contributed by atoms with Crippen molar-refractivity contribution in [3.63, 3.8) is 0 Å². The Morgan fingerprint density at radius 3 is 2.70 bits per heavy atom. The monoisotopic (exact) mass is 291 g/mol. The predicted molar refractivity (Wildman–Crippen MR) is 75.7 cm³/mol. The van der Waals surface area contributed by atoms with E-state index in [2.05, 4.69) is 4.98 Å². The van der Waals surface area contributed by atoms with Gasteiger partial charge in [0.1, 0.15) is 5.75 Å². The zero-order valence-corrected chi connectivity index (χ0v) is 11.7. The van der Waals surface area contributed by atoms with E-state index in [1.165, 1.54) is 12.4 Å². The van der Waals surface area contributed by atoms with Crippen LogP contribution < -0.4 is 4.74 Å². The molecule has 1 aromatic carbocycles. The maximum Gasteiger partial charge on any atom is 0.352 e. The van der Waals surface area contributed by atoms with Crippen LogP contribution in [-0.2, 0) is 9.53 Å². The molecule has 1 aromatic heterocycles. The average Bonchev–Trinajstić information content (AvgIpc) is 2.46. The number of carbonyl (C=O) groups excluding carboxylic acids is 1. The highest BCUT2D eigenvalue weighted by Crippen LogP contribution is 2.24. The Morgan fingerprint density at radius 2 is 2.05 bits per heavy atom. The normalized spacial score (nSPS) is 11.7. The number of hydrogen-bond donors (Lipinski definition) is 0. The van der Waals surface area contributed by atoms with E-state index in [0.29, 0.717) is 22.9 Å². The van der Waals surface area contributed by atoms with Crippen LogP contribution in [0.4, 0.5) is 0 Å². The summed E-state index contributed by atoms with van der Waals surface area (Å²) < 4.78 is 10.7. The molecule has 2 aromatic rings. The third kappa shape index (κ3) is 3.71. The van der Waals surface area contributed by atoms with Crippen molar-refractivity contribution < 1.29 is 14.3 Å². The third-order valence-corrected chi connectivity index (χ3v) is 2.74. The van der Waals surface area contributed by atoms with Crippen molar-refractivity contribution in [1.82, 2.24) is 4.98 Å². The molecule has 0 spiro atoms. The summed E-state index contributed by atoms with van der Waals surface area (Å²) in [5.41, 5.74) is 0.714. The SMILES string of the molecule is CCOC(=O)C(Oc1cncc(Cl)c1)c1ccccc1. The average molecular weight is 292 g/mol. The maximum absolute atomic E-state index is 12.0. The van der Waals surface area contributed by atoms with E-state index < -0.39 is 12.1 Å². The van der Waals surface area contributed by atoms with E-state index in [4.69, 9.17) is 21.1 Å². The minimum atomic E-state index is -0.837. The van der Waals surface area contributed by atoms with Crippen LogP contribution in [0.3, 0.4) is 0 Å². The summed E-state index contributed by atoms with van der Waals surface area (Å²) in [6.45, 7) is 2.04. The first kappa shape index (κ1) is 14.3. The number of pyridine rings is 1. The van der Waals surface area contributed by atoms with Crippen LogP contribution in [-0.4, -0.2) is 17.6 Å². The van der Waals surface area contributed by atoms with Gasteiger partial charge in [0.2, 0.25) is 6.10 Å². The van der Waals surface area contributed by atoms with Gasteiger partial charge in [-0.3, -0.25) is 4.98 Å². The fourth-order valence-electron chi connectivity index (χ4n) is 1.69. The quantitative estimate of drug-likeness (QED) is 0.792. The Labute approximate surface area is 122 Å². The molecule has 0 fully saturated rings. The number of aromatic nitrogens is 1. The molecule has 0 radical (unpaired) electrons. The highest BCUT2D eigenvalue weighted by Gasteiger charge is 2.24. The second kappa shape index (κ2) is 6.91. The smallest absolute Gasteiger partial charge is 0.352 e. The number of benzene rings is 1. The third-order valence-electron chi connectivity index (χ3n) is 2.54. The van der Waals surface area contributed by atoms with Crippen LogP contribution >= 0.6 is 11.6 Å². The minimum absolute atomic E-state index is 0.291. The highest BCUT2D eigenvalue weighted by molar-refractivity contribution is 6.30. The van der Waals surface area contributed by atoms with Crippen molar-refractivity contribution in [2.75, 3.05) is 6.61 Å². The van der Waals surface area contributed by atoms with Crippen molar-refractivity contribution in [1.29, 1.82) is 0 Å². The summed E-state index contributed by atoms with van der Waals surface area (Å²) >= 11 is 5.86. The molecule has 0 bridgehead atoms. The molecule has 20 heavy (non-hydrogen) atoms. The van der Waals surface area contributed by atoms with E-state index in [1.54, 1.807) is 25.1 Å². The molecule has 0 saturated carbocycles. The van der Waals surface area contributed by atoms with Crippen molar-refractivity contribution >= 4 is 17.6 Å². The molecular weight excluding hydrogens is 278 g/mol. The Balaban J connectivity index is 2.25. The van der Waals surface area contributed by atoms with Crippen molar-refractivity contribution in [3.8, 4) is 5.75 Å². The molecule has 0 aliphatic carbocycles. The lowest BCUT2D eigenvalue weighted by atomic mass is 10.1. The van der Waals surface area contributed by atoms with Gasteiger partial charge in [-0.2, -0.15) is 0 Å². The van der Waals surface area contributed by atoms with Crippen LogP contribution in [0.1, 0.15) is 18.6 Å². The Bertz CT molecular complexity index is 574. The molecule has 1 heterocycles. The van der Waals surface area contributed by atoms with Crippen LogP contribution in [0, 0.1) is 0 Å². The molecule has 5 heteroatoms. The van der Waals surface area contributed by atoms with E-state index in [9.17, 15) is 4.79 Å². The van der Waals surface area contributed by atoms with Crippen LogP contribution in [0.2, 0.25) is 5.02 Å². The van der Waals surface area contributed by atoms with Crippen molar-refractivity contribution in [2.45, 2.75) is 13.0 Å². The van der Waals surface area contributed by atoms with Crippen molar-refractivity contribution in [3.05, 3.63) is 59.4 Å². The fourth-order valence-corrected chi connectivity index (χ4v) is 1.85. The predicted octanol–water partition coefficient (Wildman–Crippen LogP) is 3.42. The highest BCUT2D eigenvalue weighted by atomic mass is 35.5. The fraction of sp³-hybridized carbons (Fsp3) is 0.200. The molecule has 0 amide bonds. The molecule has 104 valence electrons. The largest absolute Gasteiger partial charge is 0.472 e. The molecule has 0 N–H and O–H groups in total. The van der Waals surface area contributed by atoms with Gasteiger partial charge < -0.3 is 9.47 Å². The maximum atomic E-state index is 12.0. The summed E-state index contributed by atoms with van der Waals surface area (Å²) in [4.78, 5) is 16.0. The van der Waals surface area contributed by atoms with Crippen LogP contribution in [0.5, 0.6) is 5.75 Å². The number of nitrogens with zero attached hydrogens (tertiary/aromatic N) is 1. The Hall–Kier alpha value is -2.07. The second-order valence-corrected chi connectivity index (χ2v) is 4.44. The number of ether oxygens (including phenoxy) is 2. The molecule has 1 unspecified atom stereocenters. The lowest BCUT2D eigenvalue weighted by Gasteiger charge is -2.17. The van der Waals surface area contributed by atoms with E-state index >= 15 is 0 Å².